The van der Waals surface area contributed by atoms with Gasteiger partial charge in [0, 0.05) is 22.7 Å². The van der Waals surface area contributed by atoms with Crippen LogP contribution in [0.2, 0.25) is 5.02 Å². The Morgan fingerprint density at radius 3 is 2.63 bits per heavy atom. The number of aromatic amines is 1. The van der Waals surface area contributed by atoms with Gasteiger partial charge in [0.25, 0.3) is 0 Å². The minimum absolute atomic E-state index is 0.0187. The third kappa shape index (κ3) is 3.96. The second-order valence-electron chi connectivity index (χ2n) is 7.31. The summed E-state index contributed by atoms with van der Waals surface area (Å²) in [4.78, 5) is 28.5. The van der Waals surface area contributed by atoms with Gasteiger partial charge in [-0.3, -0.25) is 4.79 Å². The molecular formula is C22H26ClNO3. The molecule has 1 aliphatic rings. The highest BCUT2D eigenvalue weighted by Gasteiger charge is 2.33. The Bertz CT molecular complexity index is 851. The van der Waals surface area contributed by atoms with Crippen LogP contribution in [0, 0.1) is 12.8 Å². The van der Waals surface area contributed by atoms with Crippen LogP contribution in [0.25, 0.3) is 0 Å². The fraction of sp³-hybridized carbons (Fsp3) is 0.455. The molecule has 1 aromatic heterocycles. The average molecular weight is 388 g/mol. The van der Waals surface area contributed by atoms with Crippen molar-refractivity contribution in [1.29, 1.82) is 0 Å². The van der Waals surface area contributed by atoms with Gasteiger partial charge in [-0.25, -0.2) is 4.79 Å². The monoisotopic (exact) mass is 387 g/mol. The number of halogens is 1. The second-order valence-corrected chi connectivity index (χ2v) is 7.72. The standard InChI is InChI=1S/C22H26ClNO3/c1-4-14(5-2)12-27-22(26)21-13(3)20-18(24-21)10-15(11-19(20)25)16-8-6-7-9-17(16)23/h6-9,14-15,24H,4-5,10-12H2,1-3H3/t15-/m0/s1. The third-order valence-corrected chi connectivity index (χ3v) is 5.99. The molecule has 0 spiro atoms. The van der Waals surface area contributed by atoms with Crippen molar-refractivity contribution in [2.24, 2.45) is 5.92 Å². The minimum Gasteiger partial charge on any atom is -0.461 e. The molecule has 1 N–H and O–H groups in total. The Balaban J connectivity index is 1.83. The molecule has 0 saturated heterocycles. The van der Waals surface area contributed by atoms with Crippen molar-refractivity contribution >= 4 is 23.4 Å². The Morgan fingerprint density at radius 1 is 1.26 bits per heavy atom. The molecule has 1 aromatic carbocycles. The van der Waals surface area contributed by atoms with E-state index in [1.165, 1.54) is 0 Å². The first kappa shape index (κ1) is 19.7. The Labute approximate surface area is 165 Å². The van der Waals surface area contributed by atoms with E-state index in [2.05, 4.69) is 18.8 Å². The zero-order valence-corrected chi connectivity index (χ0v) is 16.9. The van der Waals surface area contributed by atoms with Crippen LogP contribution in [0.3, 0.4) is 0 Å². The molecular weight excluding hydrogens is 362 g/mol. The zero-order valence-electron chi connectivity index (χ0n) is 16.1. The number of carbonyl (C=O) groups is 2. The molecule has 1 heterocycles. The number of ketones is 1. The molecule has 27 heavy (non-hydrogen) atoms. The van der Waals surface area contributed by atoms with Crippen molar-refractivity contribution < 1.29 is 14.3 Å². The number of hydrogen-bond acceptors (Lipinski definition) is 3. The molecule has 0 unspecified atom stereocenters. The Kier molecular flexibility index (Phi) is 6.05. The lowest BCUT2D eigenvalue weighted by molar-refractivity contribution is 0.0426. The normalized spacial score (nSPS) is 16.5. The molecule has 0 aliphatic heterocycles. The van der Waals surface area contributed by atoms with Crippen LogP contribution in [-0.2, 0) is 11.2 Å². The van der Waals surface area contributed by atoms with E-state index in [9.17, 15) is 9.59 Å². The number of nitrogens with one attached hydrogen (secondary N) is 1. The summed E-state index contributed by atoms with van der Waals surface area (Å²) in [5, 5.41) is 0.673. The predicted molar refractivity (Wildman–Crippen MR) is 107 cm³/mol. The molecule has 0 amide bonds. The Hall–Kier alpha value is -2.07. The van der Waals surface area contributed by atoms with E-state index in [0.29, 0.717) is 47.2 Å². The topological polar surface area (TPSA) is 59.2 Å². The average Bonchev–Trinajstić information content (AvgIpc) is 3.00. The lowest BCUT2D eigenvalue weighted by Gasteiger charge is -2.22. The van der Waals surface area contributed by atoms with Crippen molar-refractivity contribution in [2.45, 2.75) is 52.4 Å². The first-order valence-corrected chi connectivity index (χ1v) is 10.00. The Morgan fingerprint density at radius 2 is 1.96 bits per heavy atom. The first-order valence-electron chi connectivity index (χ1n) is 9.62. The summed E-state index contributed by atoms with van der Waals surface area (Å²) in [5.74, 6) is 0.0557. The quantitative estimate of drug-likeness (QED) is 0.667. The number of aromatic nitrogens is 1. The summed E-state index contributed by atoms with van der Waals surface area (Å²) in [6.07, 6.45) is 3.01. The van der Waals surface area contributed by atoms with Crippen LogP contribution in [0.1, 0.15) is 76.7 Å². The van der Waals surface area contributed by atoms with Crippen LogP contribution in [-0.4, -0.2) is 23.3 Å². The molecule has 0 saturated carbocycles. The first-order chi connectivity index (χ1) is 13.0. The number of Topliss-reactive ketones (excluding diaryl/α,β-unsaturated/α-hetero) is 1. The summed E-state index contributed by atoms with van der Waals surface area (Å²) in [5.41, 5.74) is 3.53. The van der Waals surface area contributed by atoms with E-state index >= 15 is 0 Å². The van der Waals surface area contributed by atoms with Gasteiger partial charge in [-0.1, -0.05) is 56.5 Å². The summed E-state index contributed by atoms with van der Waals surface area (Å²) in [6.45, 7) is 6.41. The lowest BCUT2D eigenvalue weighted by atomic mass is 9.81. The van der Waals surface area contributed by atoms with Gasteiger partial charge >= 0.3 is 5.97 Å². The molecule has 0 bridgehead atoms. The fourth-order valence-electron chi connectivity index (χ4n) is 3.85. The number of rotatable bonds is 6. The van der Waals surface area contributed by atoms with Gasteiger partial charge in [-0.05, 0) is 42.4 Å². The van der Waals surface area contributed by atoms with E-state index < -0.39 is 0 Å². The van der Waals surface area contributed by atoms with Crippen molar-refractivity contribution in [3.63, 3.8) is 0 Å². The lowest BCUT2D eigenvalue weighted by Crippen LogP contribution is -2.18. The summed E-state index contributed by atoms with van der Waals surface area (Å²) >= 11 is 6.32. The number of benzene rings is 1. The van der Waals surface area contributed by atoms with Gasteiger partial charge < -0.3 is 9.72 Å². The van der Waals surface area contributed by atoms with E-state index in [1.807, 2.05) is 31.2 Å². The van der Waals surface area contributed by atoms with Crippen molar-refractivity contribution in [1.82, 2.24) is 4.98 Å². The number of fused-ring (bicyclic) bond motifs is 1. The predicted octanol–water partition coefficient (Wildman–Crippen LogP) is 5.48. The van der Waals surface area contributed by atoms with E-state index in [1.54, 1.807) is 0 Å². The van der Waals surface area contributed by atoms with Crippen molar-refractivity contribution in [2.75, 3.05) is 6.61 Å². The van der Waals surface area contributed by atoms with Gasteiger partial charge in [0.1, 0.15) is 5.69 Å². The van der Waals surface area contributed by atoms with Crippen molar-refractivity contribution in [3.05, 3.63) is 57.4 Å². The smallest absolute Gasteiger partial charge is 0.355 e. The SMILES string of the molecule is CCC(CC)COC(=O)c1[nH]c2c(c1C)C(=O)C[C@@H](c1ccccc1Cl)C2. The zero-order chi connectivity index (χ0) is 19.6. The molecule has 2 aromatic rings. The molecule has 1 aliphatic carbocycles. The number of esters is 1. The van der Waals surface area contributed by atoms with Gasteiger partial charge in [0.15, 0.2) is 5.78 Å². The highest BCUT2D eigenvalue weighted by molar-refractivity contribution is 6.31. The van der Waals surface area contributed by atoms with E-state index in [4.69, 9.17) is 16.3 Å². The van der Waals surface area contributed by atoms with Gasteiger partial charge in [0.05, 0.1) is 6.61 Å². The second kappa shape index (κ2) is 8.30. The number of ether oxygens (including phenoxy) is 1. The molecule has 144 valence electrons. The highest BCUT2D eigenvalue weighted by atomic mass is 35.5. The number of hydrogen-bond donors (Lipinski definition) is 1. The molecule has 0 fully saturated rings. The largest absolute Gasteiger partial charge is 0.461 e. The molecule has 4 nitrogen and oxygen atoms in total. The van der Waals surface area contributed by atoms with Crippen LogP contribution < -0.4 is 0 Å². The van der Waals surface area contributed by atoms with Crippen LogP contribution >= 0.6 is 11.6 Å². The van der Waals surface area contributed by atoms with Crippen molar-refractivity contribution in [3.8, 4) is 0 Å². The maximum absolute atomic E-state index is 12.8. The summed E-state index contributed by atoms with van der Waals surface area (Å²) in [6, 6.07) is 7.62. The number of H-pyrrole nitrogens is 1. The molecule has 0 radical (unpaired) electrons. The van der Waals surface area contributed by atoms with Gasteiger partial charge in [-0.15, -0.1) is 0 Å². The highest BCUT2D eigenvalue weighted by Crippen LogP contribution is 2.37. The molecule has 5 heteroatoms. The third-order valence-electron chi connectivity index (χ3n) is 5.64. The maximum Gasteiger partial charge on any atom is 0.355 e. The van der Waals surface area contributed by atoms with Crippen LogP contribution in [0.15, 0.2) is 24.3 Å². The van der Waals surface area contributed by atoms with E-state index in [-0.39, 0.29) is 17.7 Å². The fourth-order valence-corrected chi connectivity index (χ4v) is 4.14. The van der Waals surface area contributed by atoms with Crippen LogP contribution in [0.4, 0.5) is 0 Å². The maximum atomic E-state index is 12.8. The minimum atomic E-state index is -0.379. The van der Waals surface area contributed by atoms with Gasteiger partial charge in [-0.2, -0.15) is 0 Å². The van der Waals surface area contributed by atoms with Crippen LogP contribution in [0.5, 0.6) is 0 Å². The van der Waals surface area contributed by atoms with Gasteiger partial charge in [0.2, 0.25) is 0 Å². The summed E-state index contributed by atoms with van der Waals surface area (Å²) < 4.78 is 5.49. The number of carbonyl (C=O) groups excluding carboxylic acids is 2. The van der Waals surface area contributed by atoms with E-state index in [0.717, 1.165) is 24.1 Å². The molecule has 1 atom stereocenters. The molecule has 3 rings (SSSR count). The summed E-state index contributed by atoms with van der Waals surface area (Å²) in [7, 11) is 0.